The van der Waals surface area contributed by atoms with Gasteiger partial charge in [-0.1, -0.05) is 15.9 Å². The van der Waals surface area contributed by atoms with Crippen molar-refractivity contribution in [3.8, 4) is 11.4 Å². The first-order valence-electron chi connectivity index (χ1n) is 5.47. The molecule has 1 aromatic carbocycles. The third-order valence-corrected chi connectivity index (χ3v) is 3.13. The first-order chi connectivity index (χ1) is 8.00. The van der Waals surface area contributed by atoms with Gasteiger partial charge in [0.25, 0.3) is 0 Å². The van der Waals surface area contributed by atoms with Gasteiger partial charge in [0.2, 0.25) is 0 Å². The minimum Gasteiger partial charge on any atom is -0.398 e. The van der Waals surface area contributed by atoms with E-state index in [1.165, 1.54) is 0 Å². The average Bonchev–Trinajstić information content (AvgIpc) is 2.60. The number of hydrogen-bond acceptors (Lipinski definition) is 3. The predicted octanol–water partition coefficient (Wildman–Crippen LogP) is 3.18. The SMILES string of the molecule is Cc1nnc(-c2ccc(Br)cc2N)n1C(C)C. The fourth-order valence-corrected chi connectivity index (χ4v) is 2.29. The second-order valence-corrected chi connectivity index (χ2v) is 5.18. The maximum atomic E-state index is 6.02. The van der Waals surface area contributed by atoms with Crippen molar-refractivity contribution in [2.45, 2.75) is 26.8 Å². The number of nitrogens with zero attached hydrogens (tertiary/aromatic N) is 3. The Hall–Kier alpha value is -1.36. The number of nitrogens with two attached hydrogens (primary N) is 1. The number of benzene rings is 1. The topological polar surface area (TPSA) is 56.7 Å². The molecule has 1 aromatic heterocycles. The maximum absolute atomic E-state index is 6.02. The van der Waals surface area contributed by atoms with Crippen LogP contribution in [0.5, 0.6) is 0 Å². The van der Waals surface area contributed by atoms with Gasteiger partial charge in [-0.25, -0.2) is 0 Å². The smallest absolute Gasteiger partial charge is 0.166 e. The second-order valence-electron chi connectivity index (χ2n) is 4.27. The van der Waals surface area contributed by atoms with Crippen molar-refractivity contribution in [2.75, 3.05) is 5.73 Å². The molecule has 2 rings (SSSR count). The van der Waals surface area contributed by atoms with E-state index in [9.17, 15) is 0 Å². The first kappa shape index (κ1) is 12.1. The summed E-state index contributed by atoms with van der Waals surface area (Å²) < 4.78 is 3.05. The summed E-state index contributed by atoms with van der Waals surface area (Å²) in [7, 11) is 0. The number of anilines is 1. The van der Waals surface area contributed by atoms with Crippen LogP contribution in [0.4, 0.5) is 5.69 Å². The zero-order chi connectivity index (χ0) is 12.6. The number of halogens is 1. The molecular weight excluding hydrogens is 280 g/mol. The van der Waals surface area contributed by atoms with Crippen LogP contribution in [-0.2, 0) is 0 Å². The highest BCUT2D eigenvalue weighted by Crippen LogP contribution is 2.29. The summed E-state index contributed by atoms with van der Waals surface area (Å²) in [5, 5.41) is 8.34. The summed E-state index contributed by atoms with van der Waals surface area (Å²) in [5.41, 5.74) is 7.64. The molecule has 0 fully saturated rings. The van der Waals surface area contributed by atoms with Crippen LogP contribution >= 0.6 is 15.9 Å². The molecule has 0 saturated carbocycles. The van der Waals surface area contributed by atoms with Crippen molar-refractivity contribution in [3.63, 3.8) is 0 Å². The fraction of sp³-hybridized carbons (Fsp3) is 0.333. The lowest BCUT2D eigenvalue weighted by Crippen LogP contribution is -2.06. The molecule has 0 aliphatic heterocycles. The van der Waals surface area contributed by atoms with E-state index >= 15 is 0 Å². The number of aromatic nitrogens is 3. The van der Waals surface area contributed by atoms with Crippen molar-refractivity contribution in [1.29, 1.82) is 0 Å². The lowest BCUT2D eigenvalue weighted by Gasteiger charge is -2.13. The summed E-state index contributed by atoms with van der Waals surface area (Å²) in [6.45, 7) is 6.16. The van der Waals surface area contributed by atoms with Gasteiger partial charge in [0, 0.05) is 21.8 Å². The normalized spacial score (nSPS) is 11.1. The molecule has 0 saturated heterocycles. The van der Waals surface area contributed by atoms with E-state index in [1.807, 2.05) is 25.1 Å². The van der Waals surface area contributed by atoms with Gasteiger partial charge in [0.05, 0.1) is 0 Å². The van der Waals surface area contributed by atoms with Crippen molar-refractivity contribution in [2.24, 2.45) is 0 Å². The number of rotatable bonds is 2. The molecule has 90 valence electrons. The van der Waals surface area contributed by atoms with E-state index in [0.29, 0.717) is 11.7 Å². The first-order valence-corrected chi connectivity index (χ1v) is 6.27. The Morgan fingerprint density at radius 2 is 2.00 bits per heavy atom. The zero-order valence-electron chi connectivity index (χ0n) is 10.1. The molecule has 0 aliphatic carbocycles. The van der Waals surface area contributed by atoms with Crippen molar-refractivity contribution in [3.05, 3.63) is 28.5 Å². The van der Waals surface area contributed by atoms with Gasteiger partial charge < -0.3 is 10.3 Å². The lowest BCUT2D eigenvalue weighted by atomic mass is 10.1. The van der Waals surface area contributed by atoms with Crippen LogP contribution in [0.1, 0.15) is 25.7 Å². The zero-order valence-corrected chi connectivity index (χ0v) is 11.7. The van der Waals surface area contributed by atoms with Gasteiger partial charge in [-0.3, -0.25) is 0 Å². The largest absolute Gasteiger partial charge is 0.398 e. The van der Waals surface area contributed by atoms with E-state index in [2.05, 4.69) is 44.5 Å². The van der Waals surface area contributed by atoms with E-state index in [4.69, 9.17) is 5.73 Å². The molecule has 0 atom stereocenters. The van der Waals surface area contributed by atoms with Crippen molar-refractivity contribution in [1.82, 2.24) is 14.8 Å². The minimum absolute atomic E-state index is 0.308. The number of nitrogen functional groups attached to an aromatic ring is 1. The van der Waals surface area contributed by atoms with Crippen LogP contribution < -0.4 is 5.73 Å². The van der Waals surface area contributed by atoms with Crippen LogP contribution in [0.3, 0.4) is 0 Å². The Balaban J connectivity index is 2.61. The summed E-state index contributed by atoms with van der Waals surface area (Å²) in [6, 6.07) is 6.11. The fourth-order valence-electron chi connectivity index (χ4n) is 1.91. The molecule has 0 radical (unpaired) electrons. The van der Waals surface area contributed by atoms with Crippen LogP contribution in [0.2, 0.25) is 0 Å². The Kier molecular flexibility index (Phi) is 3.19. The molecule has 17 heavy (non-hydrogen) atoms. The average molecular weight is 295 g/mol. The Morgan fingerprint density at radius 1 is 1.29 bits per heavy atom. The summed E-state index contributed by atoms with van der Waals surface area (Å²) in [6.07, 6.45) is 0. The van der Waals surface area contributed by atoms with Gasteiger partial charge in [-0.15, -0.1) is 10.2 Å². The minimum atomic E-state index is 0.308. The lowest BCUT2D eigenvalue weighted by molar-refractivity contribution is 0.588. The van der Waals surface area contributed by atoms with Crippen molar-refractivity contribution >= 4 is 21.6 Å². The standard InChI is InChI=1S/C12H15BrN4/c1-7(2)17-8(3)15-16-12(17)10-5-4-9(13)6-11(10)14/h4-7H,14H2,1-3H3. The van der Waals surface area contributed by atoms with Gasteiger partial charge in [-0.05, 0) is 39.0 Å². The third kappa shape index (κ3) is 2.20. The second kappa shape index (κ2) is 4.49. The van der Waals surface area contributed by atoms with Crippen LogP contribution in [-0.4, -0.2) is 14.8 Å². The van der Waals surface area contributed by atoms with E-state index in [-0.39, 0.29) is 0 Å². The highest BCUT2D eigenvalue weighted by Gasteiger charge is 2.15. The number of hydrogen-bond donors (Lipinski definition) is 1. The van der Waals surface area contributed by atoms with Crippen LogP contribution in [0.15, 0.2) is 22.7 Å². The molecule has 1 heterocycles. The molecular formula is C12H15BrN4. The van der Waals surface area contributed by atoms with Gasteiger partial charge in [0.15, 0.2) is 5.82 Å². The van der Waals surface area contributed by atoms with E-state index in [0.717, 1.165) is 21.7 Å². The van der Waals surface area contributed by atoms with Crippen LogP contribution in [0.25, 0.3) is 11.4 Å². The Bertz CT molecular complexity index is 545. The van der Waals surface area contributed by atoms with Gasteiger partial charge >= 0.3 is 0 Å². The van der Waals surface area contributed by atoms with E-state index < -0.39 is 0 Å². The molecule has 0 aliphatic rings. The summed E-state index contributed by atoms with van der Waals surface area (Å²) in [4.78, 5) is 0. The Labute approximate surface area is 109 Å². The van der Waals surface area contributed by atoms with Crippen molar-refractivity contribution < 1.29 is 0 Å². The highest BCUT2D eigenvalue weighted by atomic mass is 79.9. The molecule has 0 bridgehead atoms. The van der Waals surface area contributed by atoms with Crippen LogP contribution in [0, 0.1) is 6.92 Å². The quantitative estimate of drug-likeness (QED) is 0.866. The predicted molar refractivity (Wildman–Crippen MR) is 72.7 cm³/mol. The maximum Gasteiger partial charge on any atom is 0.166 e. The monoisotopic (exact) mass is 294 g/mol. The number of aryl methyl sites for hydroxylation is 1. The highest BCUT2D eigenvalue weighted by molar-refractivity contribution is 9.10. The van der Waals surface area contributed by atoms with E-state index in [1.54, 1.807) is 0 Å². The van der Waals surface area contributed by atoms with Gasteiger partial charge in [0.1, 0.15) is 5.82 Å². The molecule has 5 heteroatoms. The summed E-state index contributed by atoms with van der Waals surface area (Å²) >= 11 is 3.40. The summed E-state index contributed by atoms with van der Waals surface area (Å²) in [5.74, 6) is 1.72. The molecule has 4 nitrogen and oxygen atoms in total. The molecule has 2 aromatic rings. The molecule has 0 spiro atoms. The third-order valence-electron chi connectivity index (χ3n) is 2.64. The molecule has 0 unspecified atom stereocenters. The molecule has 2 N–H and O–H groups in total. The Morgan fingerprint density at radius 3 is 2.59 bits per heavy atom. The van der Waals surface area contributed by atoms with Gasteiger partial charge in [-0.2, -0.15) is 0 Å². The molecule has 0 amide bonds.